The lowest BCUT2D eigenvalue weighted by Crippen LogP contribution is -2.65. The number of carbonyl (C=O) groups is 4. The smallest absolute Gasteiger partial charge is 0.255 e. The summed E-state index contributed by atoms with van der Waals surface area (Å²) in [7, 11) is 6.69. The Hall–Kier alpha value is -3.94. The van der Waals surface area contributed by atoms with Crippen LogP contribution in [0.3, 0.4) is 0 Å². The van der Waals surface area contributed by atoms with Crippen molar-refractivity contribution in [1.29, 1.82) is 0 Å². The van der Waals surface area contributed by atoms with E-state index in [2.05, 4.69) is 10.2 Å². The molecule has 13 heteroatoms. The first-order chi connectivity index (χ1) is 22.2. The first kappa shape index (κ1) is 33.0. The van der Waals surface area contributed by atoms with Gasteiger partial charge in [-0.1, -0.05) is 25.7 Å². The van der Waals surface area contributed by atoms with Gasteiger partial charge in [0.05, 0.1) is 23.2 Å². The molecule has 3 fully saturated rings. The highest BCUT2D eigenvalue weighted by molar-refractivity contribution is 6.24. The highest BCUT2D eigenvalue weighted by Gasteiger charge is 2.64. The monoisotopic (exact) mass is 651 g/mol. The maximum Gasteiger partial charge on any atom is 0.255 e. The second-order valence-corrected chi connectivity index (χ2v) is 14.3. The number of phenols is 1. The third-order valence-corrected chi connectivity index (χ3v) is 11.1. The van der Waals surface area contributed by atoms with Gasteiger partial charge in [-0.2, -0.15) is 0 Å². The van der Waals surface area contributed by atoms with E-state index in [1.165, 1.54) is 30.6 Å². The summed E-state index contributed by atoms with van der Waals surface area (Å²) < 4.78 is 0. The second kappa shape index (κ2) is 11.9. The van der Waals surface area contributed by atoms with Crippen molar-refractivity contribution < 1.29 is 39.6 Å². The lowest BCUT2D eigenvalue weighted by atomic mass is 9.57. The van der Waals surface area contributed by atoms with Crippen molar-refractivity contribution >= 4 is 40.5 Å². The van der Waals surface area contributed by atoms with Gasteiger partial charge in [-0.05, 0) is 57.3 Å². The first-order valence-electron chi connectivity index (χ1n) is 16.4. The van der Waals surface area contributed by atoms with E-state index in [4.69, 9.17) is 5.73 Å². The third kappa shape index (κ3) is 5.10. The number of anilines is 2. The number of likely N-dealkylation sites (tertiary alicyclic amines) is 1. The van der Waals surface area contributed by atoms with Crippen LogP contribution in [0.4, 0.5) is 11.4 Å². The number of amides is 2. The Kier molecular flexibility index (Phi) is 8.38. The number of ketones is 2. The van der Waals surface area contributed by atoms with E-state index >= 15 is 0 Å². The van der Waals surface area contributed by atoms with Crippen molar-refractivity contribution in [2.24, 2.45) is 23.5 Å². The molecule has 1 aromatic carbocycles. The zero-order chi connectivity index (χ0) is 34.1. The Balaban J connectivity index is 1.36. The number of Topliss-reactive ketones (excluding diaryl/α,β-unsaturated/α-hetero) is 2. The third-order valence-electron chi connectivity index (χ3n) is 11.1. The summed E-state index contributed by atoms with van der Waals surface area (Å²) in [6.45, 7) is 1.27. The fraction of sp³-hybridized carbons (Fsp3) is 0.588. The molecule has 1 heterocycles. The fourth-order valence-corrected chi connectivity index (χ4v) is 8.62. The molecule has 2 saturated carbocycles. The molecule has 1 saturated heterocycles. The van der Waals surface area contributed by atoms with Crippen LogP contribution >= 0.6 is 0 Å². The molecule has 1 aliphatic heterocycles. The van der Waals surface area contributed by atoms with Crippen molar-refractivity contribution in [3.63, 3.8) is 0 Å². The van der Waals surface area contributed by atoms with Crippen molar-refractivity contribution in [3.05, 3.63) is 34.1 Å². The molecule has 4 aliphatic carbocycles. The number of benzene rings is 1. The number of nitrogens with one attached hydrogen (secondary N) is 1. The van der Waals surface area contributed by atoms with Crippen LogP contribution in [-0.4, -0.2) is 113 Å². The average molecular weight is 652 g/mol. The van der Waals surface area contributed by atoms with Gasteiger partial charge in [0.2, 0.25) is 11.7 Å². The van der Waals surface area contributed by atoms with Crippen LogP contribution in [0, 0.1) is 17.8 Å². The number of aliphatic hydroxyl groups is 3. The molecular formula is C34H45N5O8. The minimum absolute atomic E-state index is 0.00292. The van der Waals surface area contributed by atoms with Gasteiger partial charge in [0.15, 0.2) is 11.4 Å². The van der Waals surface area contributed by atoms with Crippen LogP contribution in [0.15, 0.2) is 23.0 Å². The van der Waals surface area contributed by atoms with Gasteiger partial charge < -0.3 is 36.4 Å². The lowest BCUT2D eigenvalue weighted by Gasteiger charge is -2.50. The highest BCUT2D eigenvalue weighted by Crippen LogP contribution is 2.54. The van der Waals surface area contributed by atoms with Gasteiger partial charge in [0, 0.05) is 50.4 Å². The molecule has 0 aromatic heterocycles. The molecule has 1 aromatic rings. The van der Waals surface area contributed by atoms with Crippen molar-refractivity contribution in [3.8, 4) is 5.75 Å². The number of aliphatic hydroxyl groups excluding tert-OH is 2. The molecule has 254 valence electrons. The van der Waals surface area contributed by atoms with Crippen LogP contribution < -0.4 is 16.0 Å². The number of carbonyl (C=O) groups excluding carboxylic acids is 4. The van der Waals surface area contributed by atoms with E-state index in [1.54, 1.807) is 39.2 Å². The van der Waals surface area contributed by atoms with Gasteiger partial charge in [0.25, 0.3) is 5.91 Å². The van der Waals surface area contributed by atoms with Gasteiger partial charge in [-0.3, -0.25) is 29.0 Å². The Morgan fingerprint density at radius 3 is 2.23 bits per heavy atom. The molecule has 4 atom stereocenters. The van der Waals surface area contributed by atoms with Crippen LogP contribution in [-0.2, 0) is 25.6 Å². The molecule has 0 radical (unpaired) electrons. The van der Waals surface area contributed by atoms with E-state index in [0.29, 0.717) is 30.4 Å². The SMILES string of the molecule is CN(C)c1cc(NC(=O)C2CN(C3CCCCCC3)C2)c(O)c2c1C[C@H]1C[C@H]3[C@H](N(C)C)C(=O)C(C(N)=O)=C(O)[C@@]3(O)C(=O)C1=C2O. The maximum atomic E-state index is 14.2. The van der Waals surface area contributed by atoms with Gasteiger partial charge in [-0.25, -0.2) is 0 Å². The molecule has 0 unspecified atom stereocenters. The van der Waals surface area contributed by atoms with Gasteiger partial charge >= 0.3 is 0 Å². The molecule has 47 heavy (non-hydrogen) atoms. The Morgan fingerprint density at radius 1 is 1.02 bits per heavy atom. The van der Waals surface area contributed by atoms with Crippen LogP contribution in [0.2, 0.25) is 0 Å². The summed E-state index contributed by atoms with van der Waals surface area (Å²) in [6, 6.07) is 0.978. The van der Waals surface area contributed by atoms with Gasteiger partial charge in [-0.15, -0.1) is 0 Å². The molecule has 0 spiro atoms. The zero-order valence-electron chi connectivity index (χ0n) is 27.4. The van der Waals surface area contributed by atoms with Crippen molar-refractivity contribution in [2.45, 2.75) is 69.1 Å². The average Bonchev–Trinajstić information content (AvgIpc) is 3.24. The number of aromatic hydroxyl groups is 1. The molecule has 6 rings (SSSR count). The minimum atomic E-state index is -2.72. The van der Waals surface area contributed by atoms with E-state index in [-0.39, 0.29) is 41.5 Å². The summed E-state index contributed by atoms with van der Waals surface area (Å²) in [4.78, 5) is 58.7. The predicted octanol–water partition coefficient (Wildman–Crippen LogP) is 1.62. The Morgan fingerprint density at radius 2 is 1.66 bits per heavy atom. The summed E-state index contributed by atoms with van der Waals surface area (Å²) in [5.74, 6) is -7.68. The molecule has 7 N–H and O–H groups in total. The summed E-state index contributed by atoms with van der Waals surface area (Å²) in [6.07, 6.45) is 7.32. The highest BCUT2D eigenvalue weighted by atomic mass is 16.3. The Bertz CT molecular complexity index is 1600. The number of hydrogen-bond donors (Lipinski definition) is 6. The Labute approximate surface area is 273 Å². The van der Waals surface area contributed by atoms with Crippen LogP contribution in [0.25, 0.3) is 5.76 Å². The number of fused-ring (bicyclic) bond motifs is 3. The number of nitrogens with zero attached hydrogens (tertiary/aromatic N) is 3. The maximum absolute atomic E-state index is 14.2. The number of nitrogens with two attached hydrogens (primary N) is 1. The molecule has 5 aliphatic rings. The van der Waals surface area contributed by atoms with E-state index in [1.807, 2.05) is 0 Å². The lowest BCUT2D eigenvalue weighted by molar-refractivity contribution is -0.153. The first-order valence-corrected chi connectivity index (χ1v) is 16.4. The molecule has 2 amide bonds. The number of rotatable bonds is 6. The predicted molar refractivity (Wildman–Crippen MR) is 174 cm³/mol. The number of likely N-dealkylation sites (N-methyl/N-ethyl adjacent to an activating group) is 1. The largest absolute Gasteiger partial charge is 0.508 e. The zero-order valence-corrected chi connectivity index (χ0v) is 27.4. The summed E-state index contributed by atoms with van der Waals surface area (Å²) in [5.41, 5.74) is 2.74. The van der Waals surface area contributed by atoms with Gasteiger partial charge in [0.1, 0.15) is 22.8 Å². The topological polar surface area (TPSA) is 197 Å². The quantitative estimate of drug-likeness (QED) is 0.149. The number of phenolic OH excluding ortho intramolecular Hbond substituents is 1. The normalized spacial score (nSPS) is 28.8. The minimum Gasteiger partial charge on any atom is -0.508 e. The van der Waals surface area contributed by atoms with Crippen molar-refractivity contribution in [2.75, 3.05) is 51.5 Å². The van der Waals surface area contributed by atoms with E-state index in [0.717, 1.165) is 12.8 Å². The van der Waals surface area contributed by atoms with E-state index in [9.17, 15) is 39.6 Å². The van der Waals surface area contributed by atoms with Crippen LogP contribution in [0.5, 0.6) is 5.75 Å². The number of primary amides is 1. The molecule has 0 bridgehead atoms. The van der Waals surface area contributed by atoms with Crippen molar-refractivity contribution in [1.82, 2.24) is 9.80 Å². The number of hydrogen-bond acceptors (Lipinski definition) is 11. The fourth-order valence-electron chi connectivity index (χ4n) is 8.62. The van der Waals surface area contributed by atoms with Crippen LogP contribution in [0.1, 0.15) is 56.1 Å². The standard InChI is InChI=1S/C34H45N5O8/c1-37(2)22-13-21(36-33(46)17-14-39(15-17)18-9-7-5-6-8-10-18)27(40)24-19(22)11-16-12-20-26(38(3)4)29(42)25(32(35)45)31(44)34(20,47)30(43)23(16)28(24)41/h13,16-18,20,26,40-41,44,47H,5-12,14-15H2,1-4H3,(H2,35,45)(H,36,46)/t16-,20-,26-,34-/m0/s1. The molecule has 13 nitrogen and oxygen atoms in total. The summed E-state index contributed by atoms with van der Waals surface area (Å²) >= 11 is 0. The second-order valence-electron chi connectivity index (χ2n) is 14.3. The summed E-state index contributed by atoms with van der Waals surface area (Å²) in [5, 5.41) is 49.0. The molecular weight excluding hydrogens is 606 g/mol. The van der Waals surface area contributed by atoms with E-state index < -0.39 is 63.8 Å².